The molecule has 11 heteroatoms. The van der Waals surface area contributed by atoms with Gasteiger partial charge in [-0.25, -0.2) is 18.6 Å². The van der Waals surface area contributed by atoms with Crippen LogP contribution >= 0.6 is 11.6 Å². The highest BCUT2D eigenvalue weighted by Crippen LogP contribution is 2.25. The van der Waals surface area contributed by atoms with Crippen molar-refractivity contribution in [1.82, 2.24) is 5.43 Å². The minimum Gasteiger partial charge on any atom is -0.462 e. The molecular weight excluding hydrogens is 494 g/mol. The van der Waals surface area contributed by atoms with E-state index in [0.29, 0.717) is 28.7 Å². The number of hydrogen-bond acceptors (Lipinski definition) is 7. The molecule has 0 aliphatic carbocycles. The van der Waals surface area contributed by atoms with Gasteiger partial charge in [0.15, 0.2) is 0 Å². The van der Waals surface area contributed by atoms with Crippen LogP contribution in [0.5, 0.6) is 0 Å². The Morgan fingerprint density at radius 3 is 2.49 bits per heavy atom. The van der Waals surface area contributed by atoms with E-state index in [-0.39, 0.29) is 5.69 Å². The maximum Gasteiger partial charge on any atom is 0.338 e. The van der Waals surface area contributed by atoms with Crippen LogP contribution in [0.3, 0.4) is 0 Å². The molecule has 184 valence electrons. The number of hydrogen-bond donors (Lipinski definition) is 1. The second-order valence-corrected chi connectivity index (χ2v) is 9.81. The van der Waals surface area contributed by atoms with Crippen molar-refractivity contribution in [2.45, 2.75) is 13.8 Å². The molecule has 1 N–H and O–H groups in total. The second-order valence-electron chi connectivity index (χ2n) is 7.50. The minimum absolute atomic E-state index is 0.270. The fraction of sp³-hybridized carbons (Fsp3) is 0.208. The first-order valence-electron chi connectivity index (χ1n) is 10.5. The summed E-state index contributed by atoms with van der Waals surface area (Å²) in [6, 6.07) is 14.8. The van der Waals surface area contributed by atoms with Crippen LogP contribution in [-0.2, 0) is 19.6 Å². The van der Waals surface area contributed by atoms with Gasteiger partial charge in [0.25, 0.3) is 5.91 Å². The highest BCUT2D eigenvalue weighted by molar-refractivity contribution is 7.92. The highest BCUT2D eigenvalue weighted by atomic mass is 35.5. The van der Waals surface area contributed by atoms with E-state index in [1.807, 2.05) is 0 Å². The summed E-state index contributed by atoms with van der Waals surface area (Å²) in [5, 5.41) is 4.23. The van der Waals surface area contributed by atoms with Crippen molar-refractivity contribution in [3.8, 4) is 11.3 Å². The molecule has 0 spiro atoms. The molecule has 1 heterocycles. The zero-order valence-corrected chi connectivity index (χ0v) is 20.9. The molecule has 0 atom stereocenters. The number of carbonyl (C=O) groups is 2. The van der Waals surface area contributed by atoms with Crippen LogP contribution in [0.1, 0.15) is 28.6 Å². The second kappa shape index (κ2) is 11.2. The summed E-state index contributed by atoms with van der Waals surface area (Å²) >= 11 is 6.10. The summed E-state index contributed by atoms with van der Waals surface area (Å²) in [4.78, 5) is 24.1. The largest absolute Gasteiger partial charge is 0.462 e. The number of anilines is 1. The quantitative estimate of drug-likeness (QED) is 0.260. The van der Waals surface area contributed by atoms with Crippen LogP contribution in [0.25, 0.3) is 11.3 Å². The van der Waals surface area contributed by atoms with E-state index in [0.717, 1.165) is 21.7 Å². The molecule has 0 saturated heterocycles. The molecule has 0 bridgehead atoms. The highest BCUT2D eigenvalue weighted by Gasteiger charge is 2.21. The van der Waals surface area contributed by atoms with Crippen LogP contribution < -0.4 is 9.73 Å². The van der Waals surface area contributed by atoms with Crippen molar-refractivity contribution >= 4 is 45.4 Å². The molecule has 0 radical (unpaired) electrons. The molecule has 3 rings (SSSR count). The first-order chi connectivity index (χ1) is 16.6. The molecule has 0 aliphatic rings. The van der Waals surface area contributed by atoms with Crippen LogP contribution in [0.2, 0.25) is 5.02 Å². The number of nitrogens with zero attached hydrogens (tertiary/aromatic N) is 2. The Morgan fingerprint density at radius 2 is 1.86 bits per heavy atom. The van der Waals surface area contributed by atoms with Gasteiger partial charge < -0.3 is 9.15 Å². The lowest BCUT2D eigenvalue weighted by molar-refractivity contribution is -0.119. The van der Waals surface area contributed by atoms with Gasteiger partial charge in [0.2, 0.25) is 10.0 Å². The van der Waals surface area contributed by atoms with E-state index in [9.17, 15) is 18.0 Å². The van der Waals surface area contributed by atoms with Crippen molar-refractivity contribution in [2.24, 2.45) is 5.10 Å². The van der Waals surface area contributed by atoms with Gasteiger partial charge in [-0.1, -0.05) is 29.8 Å². The summed E-state index contributed by atoms with van der Waals surface area (Å²) in [6.45, 7) is 3.34. The maximum absolute atomic E-state index is 12.3. The van der Waals surface area contributed by atoms with Crippen LogP contribution in [0.4, 0.5) is 5.69 Å². The van der Waals surface area contributed by atoms with Crippen molar-refractivity contribution in [3.05, 3.63) is 76.5 Å². The molecule has 1 aromatic heterocycles. The van der Waals surface area contributed by atoms with Crippen molar-refractivity contribution in [2.75, 3.05) is 23.7 Å². The first-order valence-corrected chi connectivity index (χ1v) is 12.7. The van der Waals surface area contributed by atoms with Crippen LogP contribution in [0.15, 0.2) is 64.1 Å². The third-order valence-electron chi connectivity index (χ3n) is 4.82. The van der Waals surface area contributed by atoms with E-state index in [2.05, 4.69) is 10.5 Å². The molecule has 1 amide bonds. The number of halogens is 1. The number of sulfonamides is 1. The van der Waals surface area contributed by atoms with Gasteiger partial charge in [0.1, 0.15) is 18.1 Å². The number of nitrogens with one attached hydrogen (secondary N) is 1. The van der Waals surface area contributed by atoms with E-state index < -0.39 is 28.4 Å². The zero-order chi connectivity index (χ0) is 25.6. The number of aryl methyl sites for hydroxylation is 1. The molecule has 3 aromatic rings. The van der Waals surface area contributed by atoms with Crippen LogP contribution in [0, 0.1) is 6.92 Å². The van der Waals surface area contributed by atoms with Crippen molar-refractivity contribution < 1.29 is 27.2 Å². The first kappa shape index (κ1) is 26.0. The van der Waals surface area contributed by atoms with E-state index in [1.54, 1.807) is 62.4 Å². The molecule has 2 aromatic carbocycles. The lowest BCUT2D eigenvalue weighted by Crippen LogP contribution is -2.39. The molecular formula is C24H24ClN3O6S. The predicted molar refractivity (Wildman–Crippen MR) is 134 cm³/mol. The standard InChI is InChI=1S/C24H24ClN3O6S/c1-4-33-24(30)18-8-6-17(7-9-18)22-12-11-20(34-22)14-26-27-23(29)15-28(35(3,31)32)19-10-5-16(2)21(25)13-19/h5-14H,4,15H2,1-3H3,(H,27,29)/b26-14-. The number of rotatable bonds is 9. The van der Waals surface area contributed by atoms with Gasteiger partial charge >= 0.3 is 5.97 Å². The maximum atomic E-state index is 12.3. The number of esters is 1. The smallest absolute Gasteiger partial charge is 0.338 e. The van der Waals surface area contributed by atoms with E-state index in [1.165, 1.54) is 12.3 Å². The predicted octanol–water partition coefficient (Wildman–Crippen LogP) is 4.00. The summed E-state index contributed by atoms with van der Waals surface area (Å²) in [6.07, 6.45) is 2.29. The Labute approximate surface area is 208 Å². The number of amides is 1. The van der Waals surface area contributed by atoms with Crippen LogP contribution in [-0.4, -0.2) is 45.9 Å². The Hall–Kier alpha value is -3.63. The molecule has 0 unspecified atom stereocenters. The lowest BCUT2D eigenvalue weighted by Gasteiger charge is -2.21. The van der Waals surface area contributed by atoms with Crippen molar-refractivity contribution in [1.29, 1.82) is 0 Å². The Bertz CT molecular complexity index is 1350. The van der Waals surface area contributed by atoms with E-state index >= 15 is 0 Å². The monoisotopic (exact) mass is 517 g/mol. The summed E-state index contributed by atoms with van der Waals surface area (Å²) in [5.74, 6) is -0.153. The van der Waals surface area contributed by atoms with Gasteiger partial charge in [-0.15, -0.1) is 0 Å². The molecule has 0 saturated carbocycles. The third-order valence-corrected chi connectivity index (χ3v) is 6.37. The SMILES string of the molecule is CCOC(=O)c1ccc(-c2ccc(/C=N\NC(=O)CN(c3ccc(C)c(Cl)c3)S(C)(=O)=O)o2)cc1. The van der Waals surface area contributed by atoms with E-state index in [4.69, 9.17) is 20.8 Å². The number of furan rings is 1. The number of ether oxygens (including phenoxy) is 1. The van der Waals surface area contributed by atoms with Gasteiger partial charge in [-0.05, 0) is 55.8 Å². The summed E-state index contributed by atoms with van der Waals surface area (Å²) in [7, 11) is -3.74. The Balaban J connectivity index is 1.63. The number of carbonyl (C=O) groups excluding carboxylic acids is 2. The Kier molecular flexibility index (Phi) is 8.31. The van der Waals surface area contributed by atoms with Gasteiger partial charge in [0, 0.05) is 10.6 Å². The minimum atomic E-state index is -3.74. The topological polar surface area (TPSA) is 118 Å². The van der Waals surface area contributed by atoms with Gasteiger partial charge in [0.05, 0.1) is 30.3 Å². The van der Waals surface area contributed by atoms with Gasteiger partial charge in [-0.2, -0.15) is 5.10 Å². The molecule has 0 fully saturated rings. The summed E-state index contributed by atoms with van der Waals surface area (Å²) < 4.78 is 36.0. The molecule has 0 aliphatic heterocycles. The third kappa shape index (κ3) is 6.93. The molecule has 9 nitrogen and oxygen atoms in total. The number of hydrazone groups is 1. The molecule has 35 heavy (non-hydrogen) atoms. The van der Waals surface area contributed by atoms with Crippen molar-refractivity contribution in [3.63, 3.8) is 0 Å². The number of benzene rings is 2. The lowest BCUT2D eigenvalue weighted by atomic mass is 10.1. The fourth-order valence-electron chi connectivity index (χ4n) is 3.03. The zero-order valence-electron chi connectivity index (χ0n) is 19.3. The average molecular weight is 518 g/mol. The average Bonchev–Trinajstić information content (AvgIpc) is 3.28. The van der Waals surface area contributed by atoms with Gasteiger partial charge in [-0.3, -0.25) is 9.10 Å². The normalized spacial score (nSPS) is 11.4. The Morgan fingerprint density at radius 1 is 1.14 bits per heavy atom. The fourth-order valence-corrected chi connectivity index (χ4v) is 4.06. The summed E-state index contributed by atoms with van der Waals surface area (Å²) in [5.41, 5.74) is 4.51.